The third kappa shape index (κ3) is 5.44. The van der Waals surface area contributed by atoms with Gasteiger partial charge in [-0.25, -0.2) is 4.79 Å². The summed E-state index contributed by atoms with van der Waals surface area (Å²) in [5, 5.41) is 7.03. The number of benzene rings is 1. The molecular formula is C17H26N2O2S. The molecule has 122 valence electrons. The van der Waals surface area contributed by atoms with Gasteiger partial charge in [0.25, 0.3) is 0 Å². The van der Waals surface area contributed by atoms with Gasteiger partial charge in [0.05, 0.1) is 0 Å². The standard InChI is InChI=1S/C17H26N2O2S/c1-12-15(8-9-22-12)19-14-7-5-6-13(10-14)11-18-16(20)21-17(2,3)4/h5-7,10,12,15,19H,8-9,11H2,1-4H3,(H,18,20). The van der Waals surface area contributed by atoms with Gasteiger partial charge in [0, 0.05) is 23.5 Å². The number of nitrogens with one attached hydrogen (secondary N) is 2. The fraction of sp³-hybridized carbons (Fsp3) is 0.588. The minimum Gasteiger partial charge on any atom is -0.444 e. The smallest absolute Gasteiger partial charge is 0.407 e. The van der Waals surface area contributed by atoms with Gasteiger partial charge >= 0.3 is 6.09 Å². The minimum absolute atomic E-state index is 0.383. The number of rotatable bonds is 4. The number of amides is 1. The maximum Gasteiger partial charge on any atom is 0.407 e. The van der Waals surface area contributed by atoms with Crippen molar-refractivity contribution >= 4 is 23.5 Å². The first kappa shape index (κ1) is 17.0. The van der Waals surface area contributed by atoms with Crippen molar-refractivity contribution in [3.05, 3.63) is 29.8 Å². The van der Waals surface area contributed by atoms with Crippen molar-refractivity contribution in [2.45, 2.75) is 57.6 Å². The Hall–Kier alpha value is -1.36. The first-order valence-electron chi connectivity index (χ1n) is 7.77. The van der Waals surface area contributed by atoms with E-state index in [0.717, 1.165) is 11.3 Å². The molecule has 0 aromatic heterocycles. The Kier molecular flexibility index (Phi) is 5.62. The molecule has 2 unspecified atom stereocenters. The predicted octanol–water partition coefficient (Wildman–Crippen LogP) is 4.02. The lowest BCUT2D eigenvalue weighted by Gasteiger charge is -2.20. The van der Waals surface area contributed by atoms with Crippen LogP contribution in [0.3, 0.4) is 0 Å². The van der Waals surface area contributed by atoms with Gasteiger partial charge < -0.3 is 15.4 Å². The van der Waals surface area contributed by atoms with Gasteiger partial charge in [-0.15, -0.1) is 0 Å². The van der Waals surface area contributed by atoms with Gasteiger partial charge in [0.2, 0.25) is 0 Å². The Bertz CT molecular complexity index is 514. The van der Waals surface area contributed by atoms with E-state index in [-0.39, 0.29) is 6.09 Å². The molecule has 4 nitrogen and oxygen atoms in total. The highest BCUT2D eigenvalue weighted by atomic mass is 32.2. The average molecular weight is 322 g/mol. The fourth-order valence-corrected chi connectivity index (χ4v) is 3.59. The number of hydrogen-bond donors (Lipinski definition) is 2. The predicted molar refractivity (Wildman–Crippen MR) is 93.5 cm³/mol. The molecule has 2 atom stereocenters. The molecule has 2 N–H and O–H groups in total. The molecule has 1 heterocycles. The largest absolute Gasteiger partial charge is 0.444 e. The number of carbonyl (C=O) groups excluding carboxylic acids is 1. The molecule has 0 spiro atoms. The van der Waals surface area contributed by atoms with E-state index in [0.29, 0.717) is 17.8 Å². The second-order valence-electron chi connectivity index (χ2n) is 6.67. The van der Waals surface area contributed by atoms with Crippen molar-refractivity contribution in [2.75, 3.05) is 11.1 Å². The van der Waals surface area contributed by atoms with Gasteiger partial charge in [-0.2, -0.15) is 11.8 Å². The average Bonchev–Trinajstić information content (AvgIpc) is 2.81. The maximum absolute atomic E-state index is 11.7. The van der Waals surface area contributed by atoms with Crippen molar-refractivity contribution in [3.63, 3.8) is 0 Å². The molecule has 1 saturated heterocycles. The van der Waals surface area contributed by atoms with Crippen LogP contribution >= 0.6 is 11.8 Å². The van der Waals surface area contributed by atoms with E-state index >= 15 is 0 Å². The summed E-state index contributed by atoms with van der Waals surface area (Å²) in [5.74, 6) is 1.22. The van der Waals surface area contributed by atoms with Crippen LogP contribution in [-0.4, -0.2) is 28.7 Å². The van der Waals surface area contributed by atoms with Crippen LogP contribution in [0.15, 0.2) is 24.3 Å². The Labute approximate surface area is 137 Å². The van der Waals surface area contributed by atoms with E-state index in [2.05, 4.69) is 29.7 Å². The van der Waals surface area contributed by atoms with Crippen LogP contribution in [0.25, 0.3) is 0 Å². The van der Waals surface area contributed by atoms with Crippen LogP contribution in [0.2, 0.25) is 0 Å². The Morgan fingerprint density at radius 1 is 1.41 bits per heavy atom. The lowest BCUT2D eigenvalue weighted by Crippen LogP contribution is -2.32. The Balaban J connectivity index is 1.87. The van der Waals surface area contributed by atoms with Gasteiger partial charge in [0.15, 0.2) is 0 Å². The van der Waals surface area contributed by atoms with Crippen LogP contribution in [0, 0.1) is 0 Å². The zero-order valence-corrected chi connectivity index (χ0v) is 14.6. The van der Waals surface area contributed by atoms with Crippen molar-refractivity contribution in [2.24, 2.45) is 0 Å². The van der Waals surface area contributed by atoms with Gasteiger partial charge in [-0.3, -0.25) is 0 Å². The molecule has 0 radical (unpaired) electrons. The van der Waals surface area contributed by atoms with Crippen molar-refractivity contribution < 1.29 is 9.53 Å². The molecule has 22 heavy (non-hydrogen) atoms. The summed E-state index contributed by atoms with van der Waals surface area (Å²) in [6.45, 7) is 8.32. The highest BCUT2D eigenvalue weighted by molar-refractivity contribution is 8.00. The Morgan fingerprint density at radius 3 is 2.82 bits per heavy atom. The molecule has 0 bridgehead atoms. The van der Waals surface area contributed by atoms with Gasteiger partial charge in [0.1, 0.15) is 5.60 Å². The van der Waals surface area contributed by atoms with E-state index in [1.54, 1.807) is 0 Å². The van der Waals surface area contributed by atoms with Crippen molar-refractivity contribution in [1.29, 1.82) is 0 Å². The third-order valence-electron chi connectivity index (χ3n) is 3.49. The van der Waals surface area contributed by atoms with Crippen LogP contribution in [0.5, 0.6) is 0 Å². The highest BCUT2D eigenvalue weighted by Gasteiger charge is 2.23. The maximum atomic E-state index is 11.7. The van der Waals surface area contributed by atoms with E-state index in [4.69, 9.17) is 4.74 Å². The van der Waals surface area contributed by atoms with Crippen LogP contribution in [0.4, 0.5) is 10.5 Å². The normalized spacial score (nSPS) is 21.5. The second kappa shape index (κ2) is 7.27. The number of carbonyl (C=O) groups is 1. The third-order valence-corrected chi connectivity index (χ3v) is 4.82. The van der Waals surface area contributed by atoms with Crippen LogP contribution < -0.4 is 10.6 Å². The number of ether oxygens (including phenoxy) is 1. The number of anilines is 1. The molecule has 0 aliphatic carbocycles. The molecule has 1 aliphatic heterocycles. The summed E-state index contributed by atoms with van der Waals surface area (Å²) in [4.78, 5) is 11.7. The van der Waals surface area contributed by atoms with Crippen LogP contribution in [0.1, 0.15) is 39.7 Å². The molecule has 1 aromatic carbocycles. The molecule has 0 saturated carbocycles. The summed E-state index contributed by atoms with van der Waals surface area (Å²) >= 11 is 2.01. The molecule has 5 heteroatoms. The highest BCUT2D eigenvalue weighted by Crippen LogP contribution is 2.29. The summed E-state index contributed by atoms with van der Waals surface area (Å²) < 4.78 is 5.24. The summed E-state index contributed by atoms with van der Waals surface area (Å²) in [6, 6.07) is 8.72. The molecule has 1 amide bonds. The SMILES string of the molecule is CC1SCCC1Nc1cccc(CNC(=O)OC(C)(C)C)c1. The minimum atomic E-state index is -0.468. The molecule has 1 aromatic rings. The van der Waals surface area contributed by atoms with Crippen LogP contribution in [-0.2, 0) is 11.3 Å². The number of alkyl carbamates (subject to hydrolysis) is 1. The summed E-state index contributed by atoms with van der Waals surface area (Å²) in [5.41, 5.74) is 1.71. The van der Waals surface area contributed by atoms with Crippen molar-refractivity contribution in [1.82, 2.24) is 5.32 Å². The fourth-order valence-electron chi connectivity index (χ4n) is 2.39. The van der Waals surface area contributed by atoms with E-state index < -0.39 is 5.60 Å². The molecule has 2 rings (SSSR count). The lowest BCUT2D eigenvalue weighted by atomic mass is 10.1. The monoisotopic (exact) mass is 322 g/mol. The summed E-state index contributed by atoms with van der Waals surface area (Å²) in [6.07, 6.45) is 0.818. The molecule has 1 fully saturated rings. The van der Waals surface area contributed by atoms with E-state index in [1.807, 2.05) is 44.7 Å². The zero-order chi connectivity index (χ0) is 16.2. The van der Waals surface area contributed by atoms with E-state index in [9.17, 15) is 4.79 Å². The van der Waals surface area contributed by atoms with Gasteiger partial charge in [-0.05, 0) is 50.6 Å². The summed E-state index contributed by atoms with van der Waals surface area (Å²) in [7, 11) is 0. The first-order chi connectivity index (χ1) is 10.3. The van der Waals surface area contributed by atoms with Gasteiger partial charge in [-0.1, -0.05) is 19.1 Å². The first-order valence-corrected chi connectivity index (χ1v) is 8.82. The lowest BCUT2D eigenvalue weighted by molar-refractivity contribution is 0.0523. The molecule has 1 aliphatic rings. The quantitative estimate of drug-likeness (QED) is 0.879. The second-order valence-corrected chi connectivity index (χ2v) is 8.16. The molecular weight excluding hydrogens is 296 g/mol. The number of hydrogen-bond acceptors (Lipinski definition) is 4. The van der Waals surface area contributed by atoms with E-state index in [1.165, 1.54) is 12.2 Å². The number of thioether (sulfide) groups is 1. The van der Waals surface area contributed by atoms with Crippen molar-refractivity contribution in [3.8, 4) is 0 Å². The zero-order valence-electron chi connectivity index (χ0n) is 13.8. The Morgan fingerprint density at radius 2 is 2.18 bits per heavy atom. The topological polar surface area (TPSA) is 50.4 Å².